The molecule has 1 heterocycles. The Bertz CT molecular complexity index is 1090. The highest BCUT2D eigenvalue weighted by atomic mass is 16.6. The average Bonchev–Trinajstić information content (AvgIpc) is 3.02. The number of carbonyl (C=O) groups excluding carboxylic acids is 1. The number of nitro benzene ring substituents is 2. The molecule has 0 fully saturated rings. The predicted molar refractivity (Wildman–Crippen MR) is 101 cm³/mol. The van der Waals surface area contributed by atoms with E-state index in [1.54, 1.807) is 19.9 Å². The maximum absolute atomic E-state index is 12.6. The van der Waals surface area contributed by atoms with Crippen LogP contribution in [0.25, 0.3) is 5.69 Å². The molecule has 3 rings (SSSR count). The molecule has 0 aliphatic rings. The van der Waals surface area contributed by atoms with Gasteiger partial charge in [-0.05, 0) is 32.0 Å². The van der Waals surface area contributed by atoms with Gasteiger partial charge in [0.1, 0.15) is 5.82 Å². The standard InChI is InChI=1S/C18H15N5O5/c1-11-3-4-13(10-16(11)23(27)28)18(24)19-17-9-12(2)20-21(17)14-5-7-15(8-6-14)22(25)26/h3-10H,1-2H3,(H,19,24). The summed E-state index contributed by atoms with van der Waals surface area (Å²) in [5.74, 6) is -0.203. The van der Waals surface area contributed by atoms with Crippen LogP contribution < -0.4 is 5.32 Å². The minimum atomic E-state index is -0.544. The molecular weight excluding hydrogens is 366 g/mol. The molecule has 28 heavy (non-hydrogen) atoms. The molecule has 0 radical (unpaired) electrons. The van der Waals surface area contributed by atoms with Crippen molar-refractivity contribution in [3.8, 4) is 5.69 Å². The molecule has 142 valence electrons. The summed E-state index contributed by atoms with van der Waals surface area (Å²) in [6, 6.07) is 11.5. The Labute approximate surface area is 158 Å². The highest BCUT2D eigenvalue weighted by molar-refractivity contribution is 6.04. The molecule has 0 bridgehead atoms. The topological polar surface area (TPSA) is 133 Å². The Balaban J connectivity index is 1.91. The summed E-state index contributed by atoms with van der Waals surface area (Å²) in [6.45, 7) is 3.32. The van der Waals surface area contributed by atoms with E-state index in [4.69, 9.17) is 0 Å². The van der Waals surface area contributed by atoms with E-state index in [1.165, 1.54) is 47.1 Å². The number of carbonyl (C=O) groups is 1. The van der Waals surface area contributed by atoms with Gasteiger partial charge in [0, 0.05) is 35.4 Å². The number of nitro groups is 2. The molecular formula is C18H15N5O5. The summed E-state index contributed by atoms with van der Waals surface area (Å²) in [6.07, 6.45) is 0. The van der Waals surface area contributed by atoms with Crippen molar-refractivity contribution in [2.45, 2.75) is 13.8 Å². The van der Waals surface area contributed by atoms with Gasteiger partial charge in [-0.2, -0.15) is 5.10 Å². The first-order valence-electron chi connectivity index (χ1n) is 8.14. The zero-order valence-electron chi connectivity index (χ0n) is 14.9. The van der Waals surface area contributed by atoms with E-state index < -0.39 is 15.8 Å². The number of nitrogens with one attached hydrogen (secondary N) is 1. The van der Waals surface area contributed by atoms with Crippen LogP contribution in [0.5, 0.6) is 0 Å². The van der Waals surface area contributed by atoms with E-state index in [0.29, 0.717) is 22.8 Å². The van der Waals surface area contributed by atoms with Crippen LogP contribution in [0.4, 0.5) is 17.2 Å². The van der Waals surface area contributed by atoms with Crippen molar-refractivity contribution in [1.82, 2.24) is 9.78 Å². The van der Waals surface area contributed by atoms with Gasteiger partial charge >= 0.3 is 0 Å². The number of hydrogen-bond donors (Lipinski definition) is 1. The molecule has 2 aromatic carbocycles. The molecule has 10 nitrogen and oxygen atoms in total. The van der Waals surface area contributed by atoms with Gasteiger partial charge in [-0.25, -0.2) is 4.68 Å². The third-order valence-corrected chi connectivity index (χ3v) is 4.05. The highest BCUT2D eigenvalue weighted by Gasteiger charge is 2.17. The highest BCUT2D eigenvalue weighted by Crippen LogP contribution is 2.23. The lowest BCUT2D eigenvalue weighted by Crippen LogP contribution is -2.15. The first-order valence-corrected chi connectivity index (χ1v) is 8.14. The first kappa shape index (κ1) is 18.7. The van der Waals surface area contributed by atoms with Gasteiger partial charge in [0.25, 0.3) is 17.3 Å². The van der Waals surface area contributed by atoms with Crippen molar-refractivity contribution in [1.29, 1.82) is 0 Å². The zero-order chi connectivity index (χ0) is 20.4. The molecule has 10 heteroatoms. The van der Waals surface area contributed by atoms with E-state index in [2.05, 4.69) is 10.4 Å². The lowest BCUT2D eigenvalue weighted by Gasteiger charge is -2.09. The minimum Gasteiger partial charge on any atom is -0.306 e. The van der Waals surface area contributed by atoms with Gasteiger partial charge in [-0.1, -0.05) is 6.07 Å². The number of non-ortho nitro benzene ring substituents is 1. The normalized spacial score (nSPS) is 10.5. The number of amides is 1. The fraction of sp³-hybridized carbons (Fsp3) is 0.111. The molecule has 1 aromatic heterocycles. The van der Waals surface area contributed by atoms with Crippen molar-refractivity contribution < 1.29 is 14.6 Å². The summed E-state index contributed by atoms with van der Waals surface area (Å²) in [4.78, 5) is 33.4. The van der Waals surface area contributed by atoms with Crippen molar-refractivity contribution in [3.05, 3.63) is 85.6 Å². The van der Waals surface area contributed by atoms with Crippen LogP contribution in [0.3, 0.4) is 0 Å². The molecule has 0 aliphatic heterocycles. The second-order valence-electron chi connectivity index (χ2n) is 6.07. The van der Waals surface area contributed by atoms with Crippen molar-refractivity contribution >= 4 is 23.1 Å². The molecule has 0 saturated carbocycles. The monoisotopic (exact) mass is 381 g/mol. The zero-order valence-corrected chi connectivity index (χ0v) is 14.9. The maximum atomic E-state index is 12.6. The number of rotatable bonds is 5. The molecule has 3 aromatic rings. The molecule has 0 atom stereocenters. The van der Waals surface area contributed by atoms with Gasteiger partial charge in [0.15, 0.2) is 0 Å². The lowest BCUT2D eigenvalue weighted by molar-refractivity contribution is -0.385. The first-order chi connectivity index (χ1) is 13.3. The number of nitrogens with zero attached hydrogens (tertiary/aromatic N) is 4. The maximum Gasteiger partial charge on any atom is 0.273 e. The molecule has 0 spiro atoms. The van der Waals surface area contributed by atoms with Crippen LogP contribution in [0, 0.1) is 34.1 Å². The smallest absolute Gasteiger partial charge is 0.273 e. The second-order valence-corrected chi connectivity index (χ2v) is 6.07. The summed E-state index contributed by atoms with van der Waals surface area (Å²) in [5, 5.41) is 28.8. The van der Waals surface area contributed by atoms with Crippen LogP contribution in [0.15, 0.2) is 48.5 Å². The third kappa shape index (κ3) is 3.70. The van der Waals surface area contributed by atoms with Gasteiger partial charge in [0.2, 0.25) is 0 Å². The SMILES string of the molecule is Cc1cc(NC(=O)c2ccc(C)c([N+](=O)[O-])c2)n(-c2ccc([N+](=O)[O-])cc2)n1. The number of aryl methyl sites for hydroxylation is 2. The van der Waals surface area contributed by atoms with Crippen LogP contribution in [0.2, 0.25) is 0 Å². The molecule has 0 saturated heterocycles. The van der Waals surface area contributed by atoms with Gasteiger partial charge in [-0.15, -0.1) is 0 Å². The fourth-order valence-electron chi connectivity index (χ4n) is 2.64. The minimum absolute atomic E-state index is 0.0646. The molecule has 1 N–H and O–H groups in total. The Morgan fingerprint density at radius 2 is 1.68 bits per heavy atom. The summed E-state index contributed by atoms with van der Waals surface area (Å²) >= 11 is 0. The van der Waals surface area contributed by atoms with Gasteiger partial charge < -0.3 is 5.32 Å². The quantitative estimate of drug-likeness (QED) is 0.530. The number of hydrogen-bond acceptors (Lipinski definition) is 6. The van der Waals surface area contributed by atoms with Crippen molar-refractivity contribution in [2.24, 2.45) is 0 Å². The Kier molecular flexibility index (Phi) is 4.86. The van der Waals surface area contributed by atoms with Gasteiger partial charge in [-0.3, -0.25) is 25.0 Å². The molecule has 0 aliphatic carbocycles. The van der Waals surface area contributed by atoms with E-state index in [-0.39, 0.29) is 16.9 Å². The summed E-state index contributed by atoms with van der Waals surface area (Å²) in [5.41, 5.74) is 1.50. The van der Waals surface area contributed by atoms with E-state index in [1.807, 2.05) is 0 Å². The van der Waals surface area contributed by atoms with Crippen LogP contribution in [0.1, 0.15) is 21.6 Å². The summed E-state index contributed by atoms with van der Waals surface area (Å²) in [7, 11) is 0. The Morgan fingerprint density at radius 3 is 2.29 bits per heavy atom. The van der Waals surface area contributed by atoms with E-state index in [9.17, 15) is 25.0 Å². The van der Waals surface area contributed by atoms with Gasteiger partial charge in [0.05, 0.1) is 21.2 Å². The number of aromatic nitrogens is 2. The molecule has 0 unspecified atom stereocenters. The van der Waals surface area contributed by atoms with E-state index in [0.717, 1.165) is 0 Å². The predicted octanol–water partition coefficient (Wildman–Crippen LogP) is 3.56. The Hall–Kier alpha value is -4.08. The van der Waals surface area contributed by atoms with Crippen molar-refractivity contribution in [2.75, 3.05) is 5.32 Å². The largest absolute Gasteiger partial charge is 0.306 e. The number of benzene rings is 2. The lowest BCUT2D eigenvalue weighted by atomic mass is 10.1. The number of anilines is 1. The Morgan fingerprint density at radius 1 is 1.00 bits per heavy atom. The van der Waals surface area contributed by atoms with Crippen molar-refractivity contribution in [3.63, 3.8) is 0 Å². The third-order valence-electron chi connectivity index (χ3n) is 4.05. The van der Waals surface area contributed by atoms with Crippen LogP contribution >= 0.6 is 0 Å². The second kappa shape index (κ2) is 7.27. The summed E-state index contributed by atoms with van der Waals surface area (Å²) < 4.78 is 1.43. The average molecular weight is 381 g/mol. The van der Waals surface area contributed by atoms with E-state index >= 15 is 0 Å². The van der Waals surface area contributed by atoms with Crippen LogP contribution in [-0.4, -0.2) is 25.5 Å². The fourth-order valence-corrected chi connectivity index (χ4v) is 2.64. The molecule has 1 amide bonds. The van der Waals surface area contributed by atoms with Crippen LogP contribution in [-0.2, 0) is 0 Å².